The summed E-state index contributed by atoms with van der Waals surface area (Å²) in [6.45, 7) is 3.06. The second-order valence-corrected chi connectivity index (χ2v) is 12.6. The third-order valence-corrected chi connectivity index (χ3v) is 8.79. The lowest BCUT2D eigenvalue weighted by molar-refractivity contribution is -0.192. The van der Waals surface area contributed by atoms with Crippen LogP contribution in [0.15, 0.2) is 47.5 Å². The van der Waals surface area contributed by atoms with E-state index in [0.29, 0.717) is 67.0 Å². The number of morpholine rings is 1. The Hall–Kier alpha value is -4.12. The van der Waals surface area contributed by atoms with E-state index in [1.54, 1.807) is 64.9 Å². The first-order valence-corrected chi connectivity index (χ1v) is 16.3. The Morgan fingerprint density at radius 3 is 1.73 bits per heavy atom. The van der Waals surface area contributed by atoms with E-state index in [9.17, 15) is 26.4 Å². The molecule has 0 aromatic heterocycles. The molecular formula is C32H39F3N2O10S. The van der Waals surface area contributed by atoms with E-state index in [2.05, 4.69) is 9.62 Å². The smallest absolute Gasteiger partial charge is 0.490 e. The number of benzene rings is 2. The van der Waals surface area contributed by atoms with Crippen molar-refractivity contribution < 1.29 is 60.0 Å². The number of carbonyl (C=O) groups is 2. The van der Waals surface area contributed by atoms with Crippen LogP contribution in [0.25, 0.3) is 12.2 Å². The summed E-state index contributed by atoms with van der Waals surface area (Å²) in [6.07, 6.45) is -1.01. The number of carboxylic acid groups (broad SMARTS) is 1. The van der Waals surface area contributed by atoms with Gasteiger partial charge in [0.1, 0.15) is 0 Å². The predicted octanol–water partition coefficient (Wildman–Crippen LogP) is 3.80. The number of hydrogen-bond donors (Lipinski definition) is 2. The van der Waals surface area contributed by atoms with Crippen molar-refractivity contribution in [2.75, 3.05) is 67.0 Å². The van der Waals surface area contributed by atoms with Gasteiger partial charge in [-0.2, -0.15) is 13.2 Å². The Bertz CT molecular complexity index is 1530. The number of carbonyl (C=O) groups excluding carboxylic acids is 1. The van der Waals surface area contributed by atoms with Gasteiger partial charge in [-0.1, -0.05) is 12.1 Å². The molecule has 4 rings (SSSR count). The van der Waals surface area contributed by atoms with Gasteiger partial charge < -0.3 is 28.8 Å². The molecule has 0 bridgehead atoms. The van der Waals surface area contributed by atoms with E-state index in [4.69, 9.17) is 33.6 Å². The molecule has 2 aliphatic rings. The molecule has 1 aliphatic heterocycles. The number of halogens is 3. The lowest BCUT2D eigenvalue weighted by atomic mass is 9.84. The van der Waals surface area contributed by atoms with Crippen molar-refractivity contribution in [1.29, 1.82) is 0 Å². The van der Waals surface area contributed by atoms with Crippen LogP contribution in [0, 0.1) is 0 Å². The van der Waals surface area contributed by atoms with E-state index in [1.165, 1.54) is 0 Å². The van der Waals surface area contributed by atoms with E-state index in [-0.39, 0.29) is 24.4 Å². The Kier molecular flexibility index (Phi) is 13.8. The quantitative estimate of drug-likeness (QED) is 0.330. The first kappa shape index (κ1) is 38.3. The number of alkyl halides is 3. The summed E-state index contributed by atoms with van der Waals surface area (Å²) in [6, 6.07) is 10.3. The van der Waals surface area contributed by atoms with Crippen LogP contribution in [0.4, 0.5) is 13.2 Å². The van der Waals surface area contributed by atoms with Crippen LogP contribution < -0.4 is 23.7 Å². The third-order valence-electron chi connectivity index (χ3n) is 7.38. The Morgan fingerprint density at radius 1 is 0.896 bits per heavy atom. The molecule has 1 saturated carbocycles. The van der Waals surface area contributed by atoms with Gasteiger partial charge in [0.2, 0.25) is 10.0 Å². The Balaban J connectivity index is 0.000000804. The third kappa shape index (κ3) is 11.2. The van der Waals surface area contributed by atoms with Crippen molar-refractivity contribution in [2.24, 2.45) is 0 Å². The summed E-state index contributed by atoms with van der Waals surface area (Å²) in [5.41, 5.74) is 2.48. The number of ketones is 1. The van der Waals surface area contributed by atoms with E-state index >= 15 is 0 Å². The SMILES string of the molecule is COc1ccc(/C=C2\CC(NS(=O)(=O)CCN3CCOCC3)C/C(=C\c3ccc(OC)c(OC)c3)C2=O)cc1OC.O=C(O)C(F)(F)F. The van der Waals surface area contributed by atoms with Gasteiger partial charge in [0.05, 0.1) is 47.4 Å². The average Bonchev–Trinajstić information content (AvgIpc) is 3.06. The van der Waals surface area contributed by atoms with Crippen molar-refractivity contribution in [3.05, 3.63) is 58.7 Å². The maximum Gasteiger partial charge on any atom is 0.490 e. The Morgan fingerprint density at radius 2 is 1.33 bits per heavy atom. The van der Waals surface area contributed by atoms with Crippen LogP contribution in [0.1, 0.15) is 24.0 Å². The van der Waals surface area contributed by atoms with E-state index in [0.717, 1.165) is 11.1 Å². The van der Waals surface area contributed by atoms with Crippen molar-refractivity contribution >= 4 is 33.9 Å². The van der Waals surface area contributed by atoms with Crippen molar-refractivity contribution in [1.82, 2.24) is 9.62 Å². The predicted molar refractivity (Wildman–Crippen MR) is 171 cm³/mol. The first-order chi connectivity index (χ1) is 22.7. The highest BCUT2D eigenvalue weighted by molar-refractivity contribution is 7.89. The number of rotatable bonds is 11. The summed E-state index contributed by atoms with van der Waals surface area (Å²) in [5.74, 6) is -0.709. The highest BCUT2D eigenvalue weighted by atomic mass is 32.2. The standard InChI is InChI=1S/C30H38N2O8S.C2HF3O2/c1-36-26-7-5-21(17-28(26)38-3)15-23-19-25(31-41(34,35)14-11-32-9-12-40-13-10-32)20-24(30(23)33)16-22-6-8-27(37-2)29(18-22)39-4;3-2(4,5)1(6)7/h5-8,15-18,25,31H,9-14,19-20H2,1-4H3;(H,6,7)/b23-15+,24-16+;. The van der Waals surface area contributed by atoms with Crippen LogP contribution in [-0.2, 0) is 24.3 Å². The van der Waals surface area contributed by atoms with E-state index < -0.39 is 28.2 Å². The molecule has 2 N–H and O–H groups in total. The number of nitrogens with zero attached hydrogens (tertiary/aromatic N) is 1. The molecule has 264 valence electrons. The molecule has 0 unspecified atom stereocenters. The van der Waals surface area contributed by atoms with Crippen molar-refractivity contribution in [3.8, 4) is 23.0 Å². The summed E-state index contributed by atoms with van der Waals surface area (Å²) in [7, 11) is 2.61. The number of methoxy groups -OCH3 is 4. The summed E-state index contributed by atoms with van der Waals surface area (Å²) in [4.78, 5) is 24.7. The topological polar surface area (TPSA) is 150 Å². The van der Waals surface area contributed by atoms with Gasteiger partial charge in [-0.25, -0.2) is 17.9 Å². The fourth-order valence-corrected chi connectivity index (χ4v) is 6.29. The highest BCUT2D eigenvalue weighted by Crippen LogP contribution is 2.34. The van der Waals surface area contributed by atoms with Gasteiger partial charge in [-0.3, -0.25) is 9.69 Å². The molecular weight excluding hydrogens is 661 g/mol. The number of nitrogens with one attached hydrogen (secondary N) is 1. The lowest BCUT2D eigenvalue weighted by Crippen LogP contribution is -2.44. The monoisotopic (exact) mass is 700 g/mol. The normalized spacial score (nSPS) is 19.0. The first-order valence-electron chi connectivity index (χ1n) is 14.7. The zero-order chi connectivity index (χ0) is 35.5. The van der Waals surface area contributed by atoms with Crippen LogP contribution in [0.3, 0.4) is 0 Å². The minimum atomic E-state index is -5.08. The lowest BCUT2D eigenvalue weighted by Gasteiger charge is -2.28. The minimum Gasteiger partial charge on any atom is -0.493 e. The maximum absolute atomic E-state index is 13.7. The number of hydrogen-bond acceptors (Lipinski definition) is 10. The molecule has 1 heterocycles. The molecule has 2 fully saturated rings. The summed E-state index contributed by atoms with van der Waals surface area (Å²) >= 11 is 0. The molecule has 0 spiro atoms. The Labute approximate surface area is 277 Å². The fourth-order valence-electron chi connectivity index (χ4n) is 5.00. The minimum absolute atomic E-state index is 0.0269. The summed E-state index contributed by atoms with van der Waals surface area (Å²) < 4.78 is 87.7. The fraction of sp³-hybridized carbons (Fsp3) is 0.438. The molecule has 0 amide bonds. The maximum atomic E-state index is 13.7. The average molecular weight is 701 g/mol. The van der Waals surface area contributed by atoms with Gasteiger partial charge in [0.25, 0.3) is 0 Å². The molecule has 12 nitrogen and oxygen atoms in total. The summed E-state index contributed by atoms with van der Waals surface area (Å²) in [5, 5.41) is 7.12. The van der Waals surface area contributed by atoms with Crippen molar-refractivity contribution in [3.63, 3.8) is 0 Å². The zero-order valence-electron chi connectivity index (χ0n) is 27.0. The zero-order valence-corrected chi connectivity index (χ0v) is 27.8. The van der Waals surface area contributed by atoms with Gasteiger partial charge in [0, 0.05) is 36.8 Å². The molecule has 2 aromatic carbocycles. The second-order valence-electron chi connectivity index (χ2n) is 10.7. The number of aliphatic carboxylic acids is 1. The number of carboxylic acids is 1. The number of ether oxygens (including phenoxy) is 5. The molecule has 48 heavy (non-hydrogen) atoms. The largest absolute Gasteiger partial charge is 0.493 e. The number of Topliss-reactive ketones (excluding diaryl/α,β-unsaturated/α-hetero) is 1. The van der Waals surface area contributed by atoms with Crippen LogP contribution >= 0.6 is 0 Å². The molecule has 1 saturated heterocycles. The van der Waals surface area contributed by atoms with Gasteiger partial charge in [0.15, 0.2) is 28.8 Å². The van der Waals surface area contributed by atoms with Crippen LogP contribution in [0.5, 0.6) is 23.0 Å². The molecule has 16 heteroatoms. The van der Waals surface area contributed by atoms with Gasteiger partial charge in [-0.15, -0.1) is 0 Å². The molecule has 0 radical (unpaired) electrons. The highest BCUT2D eigenvalue weighted by Gasteiger charge is 2.38. The molecule has 1 aliphatic carbocycles. The van der Waals surface area contributed by atoms with Crippen LogP contribution in [-0.4, -0.2) is 109 Å². The van der Waals surface area contributed by atoms with Gasteiger partial charge >= 0.3 is 12.1 Å². The second kappa shape index (κ2) is 17.3. The number of sulfonamides is 1. The van der Waals surface area contributed by atoms with Crippen LogP contribution in [0.2, 0.25) is 0 Å². The molecule has 0 atom stereocenters. The van der Waals surface area contributed by atoms with Crippen molar-refractivity contribution in [2.45, 2.75) is 25.1 Å². The van der Waals surface area contributed by atoms with Gasteiger partial charge in [-0.05, 0) is 60.4 Å². The van der Waals surface area contributed by atoms with E-state index in [1.807, 2.05) is 12.1 Å². The molecule has 2 aromatic rings.